The maximum atomic E-state index is 13.1. The fourth-order valence-electron chi connectivity index (χ4n) is 2.91. The average Bonchev–Trinajstić information content (AvgIpc) is 3.19. The highest BCUT2D eigenvalue weighted by atomic mass is 35.5. The van der Waals surface area contributed by atoms with Crippen LogP contribution < -0.4 is 20.1 Å². The Labute approximate surface area is 192 Å². The van der Waals surface area contributed by atoms with Crippen molar-refractivity contribution in [3.8, 4) is 17.1 Å². The van der Waals surface area contributed by atoms with Crippen LogP contribution in [-0.2, 0) is 14.8 Å². The van der Waals surface area contributed by atoms with Gasteiger partial charge in [-0.3, -0.25) is 9.52 Å². The Hall–Kier alpha value is -3.01. The zero-order valence-electron chi connectivity index (χ0n) is 18.0. The summed E-state index contributed by atoms with van der Waals surface area (Å²) >= 11 is 6.31. The molecule has 8 nitrogen and oxygen atoms in total. The largest absolute Gasteiger partial charge is 0.495 e. The molecule has 0 aliphatic carbocycles. The molecule has 32 heavy (non-hydrogen) atoms. The quantitative estimate of drug-likeness (QED) is 0.447. The van der Waals surface area contributed by atoms with Crippen molar-refractivity contribution in [1.82, 2.24) is 5.32 Å². The number of nitrogens with one attached hydrogen (secondary N) is 3. The zero-order valence-corrected chi connectivity index (χ0v) is 19.6. The number of methoxy groups -OCH3 is 1. The van der Waals surface area contributed by atoms with Gasteiger partial charge < -0.3 is 19.8 Å². The molecule has 1 atom stereocenters. The van der Waals surface area contributed by atoms with Gasteiger partial charge in [-0.1, -0.05) is 11.6 Å². The molecule has 0 saturated heterocycles. The molecular formula is C22H24ClN3O5S. The van der Waals surface area contributed by atoms with Crippen LogP contribution in [0.15, 0.2) is 57.8 Å². The third-order valence-electron chi connectivity index (χ3n) is 4.78. The van der Waals surface area contributed by atoms with E-state index in [9.17, 15) is 13.2 Å². The summed E-state index contributed by atoms with van der Waals surface area (Å²) < 4.78 is 39.4. The smallest absolute Gasteiger partial charge is 0.263 e. The second kappa shape index (κ2) is 9.64. The summed E-state index contributed by atoms with van der Waals surface area (Å²) in [5, 5.41) is 5.59. The van der Waals surface area contributed by atoms with E-state index < -0.39 is 16.1 Å². The number of furan rings is 1. The van der Waals surface area contributed by atoms with Crippen molar-refractivity contribution >= 4 is 38.9 Å². The normalized spacial score (nSPS) is 12.3. The van der Waals surface area contributed by atoms with E-state index in [1.165, 1.54) is 25.3 Å². The molecule has 1 amide bonds. The fourth-order valence-corrected chi connectivity index (χ4v) is 4.52. The summed E-state index contributed by atoms with van der Waals surface area (Å²) in [5.41, 5.74) is 1.22. The number of hydrogen-bond donors (Lipinski definition) is 3. The molecule has 1 aromatic heterocycles. The first-order valence-corrected chi connectivity index (χ1v) is 11.6. The number of anilines is 2. The molecule has 3 rings (SSSR count). The number of sulfonamides is 1. The van der Waals surface area contributed by atoms with Crippen molar-refractivity contribution < 1.29 is 22.4 Å². The molecule has 170 valence electrons. The van der Waals surface area contributed by atoms with Crippen LogP contribution in [0, 0.1) is 6.92 Å². The summed E-state index contributed by atoms with van der Waals surface area (Å²) in [6.07, 6.45) is 0. The molecule has 10 heteroatoms. The van der Waals surface area contributed by atoms with Crippen LogP contribution in [-0.4, -0.2) is 34.5 Å². The summed E-state index contributed by atoms with van der Waals surface area (Å²) in [6.45, 7) is 3.52. The van der Waals surface area contributed by atoms with Crippen molar-refractivity contribution in [3.63, 3.8) is 0 Å². The monoisotopic (exact) mass is 477 g/mol. The number of amides is 1. The van der Waals surface area contributed by atoms with E-state index in [0.29, 0.717) is 17.0 Å². The molecule has 0 spiro atoms. The Balaban J connectivity index is 1.90. The third kappa shape index (κ3) is 5.24. The van der Waals surface area contributed by atoms with E-state index in [4.69, 9.17) is 20.8 Å². The first kappa shape index (κ1) is 23.6. The van der Waals surface area contributed by atoms with Crippen molar-refractivity contribution in [2.45, 2.75) is 24.8 Å². The van der Waals surface area contributed by atoms with E-state index in [2.05, 4.69) is 15.4 Å². The molecule has 1 heterocycles. The van der Waals surface area contributed by atoms with Crippen molar-refractivity contribution in [1.29, 1.82) is 0 Å². The van der Waals surface area contributed by atoms with Crippen molar-refractivity contribution in [2.75, 3.05) is 24.2 Å². The van der Waals surface area contributed by atoms with Gasteiger partial charge in [0.05, 0.1) is 23.9 Å². The minimum atomic E-state index is -4.05. The molecule has 0 saturated carbocycles. The maximum Gasteiger partial charge on any atom is 0.263 e. The van der Waals surface area contributed by atoms with E-state index in [1.807, 2.05) is 13.0 Å². The van der Waals surface area contributed by atoms with Gasteiger partial charge in [-0.15, -0.1) is 0 Å². The SMILES string of the molecule is CNC(C)C(=O)Nc1ccc(OC)c(NS(=O)(=O)c2ccc(-c3ccc(C)o3)cc2Cl)c1. The summed E-state index contributed by atoms with van der Waals surface area (Å²) in [5.74, 6) is 1.34. The lowest BCUT2D eigenvalue weighted by Crippen LogP contribution is -2.35. The molecule has 0 radical (unpaired) electrons. The third-order valence-corrected chi connectivity index (χ3v) is 6.63. The number of aryl methyl sites for hydroxylation is 1. The highest BCUT2D eigenvalue weighted by molar-refractivity contribution is 7.92. The molecule has 3 aromatic rings. The first-order chi connectivity index (χ1) is 15.1. The molecule has 3 N–H and O–H groups in total. The molecule has 0 aliphatic rings. The number of likely N-dealkylation sites (N-methyl/N-ethyl adjacent to an activating group) is 1. The predicted molar refractivity (Wildman–Crippen MR) is 125 cm³/mol. The minimum Gasteiger partial charge on any atom is -0.495 e. The number of carbonyl (C=O) groups is 1. The van der Waals surface area contributed by atoms with Crippen LogP contribution in [0.1, 0.15) is 12.7 Å². The first-order valence-electron chi connectivity index (χ1n) is 9.70. The molecule has 0 aliphatic heterocycles. The van der Waals surface area contributed by atoms with Crippen LogP contribution >= 0.6 is 11.6 Å². The number of carbonyl (C=O) groups excluding carboxylic acids is 1. The Morgan fingerprint density at radius 3 is 2.47 bits per heavy atom. The van der Waals surface area contributed by atoms with E-state index in [-0.39, 0.29) is 27.3 Å². The molecular weight excluding hydrogens is 454 g/mol. The van der Waals surface area contributed by atoms with E-state index >= 15 is 0 Å². The standard InChI is InChI=1S/C22H24ClN3O5S/c1-13-5-8-19(31-13)15-6-10-21(17(23)11-15)32(28,29)26-18-12-16(7-9-20(18)30-4)25-22(27)14(2)24-3/h5-12,14,24,26H,1-4H3,(H,25,27). The van der Waals surface area contributed by atoms with Gasteiger partial charge in [0.2, 0.25) is 5.91 Å². The van der Waals surface area contributed by atoms with Gasteiger partial charge in [0.1, 0.15) is 22.2 Å². The van der Waals surface area contributed by atoms with Crippen LogP contribution in [0.25, 0.3) is 11.3 Å². The Kier molecular flexibility index (Phi) is 7.12. The second-order valence-electron chi connectivity index (χ2n) is 7.08. The summed E-state index contributed by atoms with van der Waals surface area (Å²) in [6, 6.07) is 12.4. The van der Waals surface area contributed by atoms with Crippen LogP contribution in [0.4, 0.5) is 11.4 Å². The molecule has 0 fully saturated rings. The maximum absolute atomic E-state index is 13.1. The fraction of sp³-hybridized carbons (Fsp3) is 0.227. The number of benzene rings is 2. The van der Waals surface area contributed by atoms with Crippen LogP contribution in [0.5, 0.6) is 5.75 Å². The summed E-state index contributed by atoms with van der Waals surface area (Å²) in [4.78, 5) is 12.0. The molecule has 1 unspecified atom stereocenters. The minimum absolute atomic E-state index is 0.0373. The van der Waals surface area contributed by atoms with Gasteiger partial charge in [0, 0.05) is 11.3 Å². The van der Waals surface area contributed by atoms with Gasteiger partial charge in [0.15, 0.2) is 0 Å². The van der Waals surface area contributed by atoms with Crippen molar-refractivity contribution in [3.05, 3.63) is 59.3 Å². The lowest BCUT2D eigenvalue weighted by molar-refractivity contribution is -0.117. The Bertz CT molecular complexity index is 1240. The van der Waals surface area contributed by atoms with Crippen LogP contribution in [0.3, 0.4) is 0 Å². The van der Waals surface area contributed by atoms with E-state index in [1.54, 1.807) is 38.2 Å². The lowest BCUT2D eigenvalue weighted by atomic mass is 10.2. The summed E-state index contributed by atoms with van der Waals surface area (Å²) in [7, 11) is -0.969. The molecule has 0 bridgehead atoms. The van der Waals surface area contributed by atoms with Gasteiger partial charge in [-0.2, -0.15) is 0 Å². The average molecular weight is 478 g/mol. The van der Waals surface area contributed by atoms with Gasteiger partial charge in [-0.05, 0) is 69.4 Å². The second-order valence-corrected chi connectivity index (χ2v) is 9.13. The highest BCUT2D eigenvalue weighted by Gasteiger charge is 2.21. The van der Waals surface area contributed by atoms with Crippen molar-refractivity contribution in [2.24, 2.45) is 0 Å². The number of halogens is 1. The van der Waals surface area contributed by atoms with Gasteiger partial charge >= 0.3 is 0 Å². The highest BCUT2D eigenvalue weighted by Crippen LogP contribution is 2.33. The Morgan fingerprint density at radius 1 is 1.12 bits per heavy atom. The van der Waals surface area contributed by atoms with Gasteiger partial charge in [-0.25, -0.2) is 8.42 Å². The zero-order chi connectivity index (χ0) is 23.5. The van der Waals surface area contributed by atoms with E-state index in [0.717, 1.165) is 5.76 Å². The van der Waals surface area contributed by atoms with Crippen LogP contribution in [0.2, 0.25) is 5.02 Å². The predicted octanol–water partition coefficient (Wildman–Crippen LogP) is 4.26. The number of hydrogen-bond acceptors (Lipinski definition) is 6. The topological polar surface area (TPSA) is 110 Å². The number of ether oxygens (including phenoxy) is 1. The lowest BCUT2D eigenvalue weighted by Gasteiger charge is -2.16. The molecule has 2 aromatic carbocycles. The van der Waals surface area contributed by atoms with Gasteiger partial charge in [0.25, 0.3) is 10.0 Å². The Morgan fingerprint density at radius 2 is 1.88 bits per heavy atom. The number of rotatable bonds is 8.